The molecule has 0 saturated carbocycles. The summed E-state index contributed by atoms with van der Waals surface area (Å²) < 4.78 is 9.83. The highest BCUT2D eigenvalue weighted by molar-refractivity contribution is 6.31. The zero-order valence-corrected chi connectivity index (χ0v) is 14.7. The third-order valence-electron chi connectivity index (χ3n) is 3.39. The van der Waals surface area contributed by atoms with Gasteiger partial charge in [-0.2, -0.15) is 0 Å². The zero-order chi connectivity index (χ0) is 17.1. The number of esters is 2. The summed E-state index contributed by atoms with van der Waals surface area (Å²) in [5, 5.41) is 0.711. The molecule has 0 radical (unpaired) electrons. The van der Waals surface area contributed by atoms with E-state index in [1.807, 2.05) is 12.1 Å². The Labute approximate surface area is 143 Å². The molecule has 1 aromatic carbocycles. The van der Waals surface area contributed by atoms with E-state index in [2.05, 4.69) is 6.07 Å². The van der Waals surface area contributed by atoms with Crippen LogP contribution in [0.5, 0.6) is 0 Å². The molecule has 23 heavy (non-hydrogen) atoms. The van der Waals surface area contributed by atoms with Gasteiger partial charge in [-0.1, -0.05) is 23.7 Å². The van der Waals surface area contributed by atoms with Gasteiger partial charge in [0.2, 0.25) is 0 Å². The number of carbonyl (C=O) groups is 2. The molecule has 1 rings (SSSR count). The molecular formula is C18H25ClO4. The van der Waals surface area contributed by atoms with Crippen molar-refractivity contribution in [2.45, 2.75) is 52.4 Å². The van der Waals surface area contributed by atoms with Crippen LogP contribution in [0.15, 0.2) is 18.2 Å². The fourth-order valence-electron chi connectivity index (χ4n) is 2.30. The fraction of sp³-hybridized carbons (Fsp3) is 0.556. The van der Waals surface area contributed by atoms with Gasteiger partial charge in [0, 0.05) is 17.9 Å². The van der Waals surface area contributed by atoms with E-state index in [9.17, 15) is 9.59 Å². The summed E-state index contributed by atoms with van der Waals surface area (Å²) in [5.74, 6) is -0.328. The Morgan fingerprint density at radius 2 is 1.52 bits per heavy atom. The summed E-state index contributed by atoms with van der Waals surface area (Å²) in [7, 11) is 0. The van der Waals surface area contributed by atoms with E-state index in [0.717, 1.165) is 30.4 Å². The van der Waals surface area contributed by atoms with Crippen molar-refractivity contribution in [3.8, 4) is 0 Å². The van der Waals surface area contributed by atoms with E-state index in [-0.39, 0.29) is 11.9 Å². The van der Waals surface area contributed by atoms with Crippen molar-refractivity contribution in [2.24, 2.45) is 0 Å². The third-order valence-corrected chi connectivity index (χ3v) is 3.76. The van der Waals surface area contributed by atoms with Crippen LogP contribution in [0, 0.1) is 0 Å². The molecule has 128 valence electrons. The van der Waals surface area contributed by atoms with Crippen molar-refractivity contribution in [3.63, 3.8) is 0 Å². The molecule has 0 aromatic heterocycles. The Morgan fingerprint density at radius 3 is 2.09 bits per heavy atom. The molecule has 0 aliphatic carbocycles. The number of aryl methyl sites for hydroxylation is 2. The Bertz CT molecular complexity index is 514. The molecule has 0 atom stereocenters. The molecular weight excluding hydrogens is 316 g/mol. The topological polar surface area (TPSA) is 52.6 Å². The molecule has 0 aliphatic rings. The van der Waals surface area contributed by atoms with Crippen molar-refractivity contribution in [3.05, 3.63) is 34.3 Å². The predicted octanol–water partition coefficient (Wildman–Crippen LogP) is 4.11. The van der Waals surface area contributed by atoms with Gasteiger partial charge in [0.15, 0.2) is 0 Å². The number of carbonyl (C=O) groups excluding carboxylic acids is 2. The highest BCUT2D eigenvalue weighted by Crippen LogP contribution is 2.21. The van der Waals surface area contributed by atoms with Crippen molar-refractivity contribution in [1.29, 1.82) is 0 Å². The summed E-state index contributed by atoms with van der Waals surface area (Å²) in [6, 6.07) is 5.90. The van der Waals surface area contributed by atoms with Crippen LogP contribution in [0.4, 0.5) is 0 Å². The van der Waals surface area contributed by atoms with E-state index < -0.39 is 0 Å². The number of halogens is 1. The summed E-state index contributed by atoms with van der Waals surface area (Å²) in [5.41, 5.74) is 2.18. The van der Waals surface area contributed by atoms with Gasteiger partial charge in [-0.3, -0.25) is 9.59 Å². The maximum atomic E-state index is 11.3. The Hall–Kier alpha value is -1.55. The van der Waals surface area contributed by atoms with Crippen LogP contribution >= 0.6 is 11.6 Å². The quantitative estimate of drug-likeness (QED) is 0.601. The molecule has 0 unspecified atom stereocenters. The normalized spacial score (nSPS) is 10.4. The van der Waals surface area contributed by atoms with Crippen LogP contribution in [0.25, 0.3) is 0 Å². The molecule has 0 N–H and O–H groups in total. The first-order chi connectivity index (χ1) is 11.1. The third kappa shape index (κ3) is 8.03. The number of rotatable bonds is 10. The van der Waals surface area contributed by atoms with Gasteiger partial charge in [-0.15, -0.1) is 0 Å². The Kier molecular flexibility index (Phi) is 9.37. The SMILES string of the molecule is CCOC(=O)CCCc1ccc(Cl)c(CCCC(=O)OCC)c1. The summed E-state index contributed by atoms with van der Waals surface area (Å²) in [6.45, 7) is 4.44. The van der Waals surface area contributed by atoms with Crippen LogP contribution in [-0.4, -0.2) is 25.2 Å². The maximum absolute atomic E-state index is 11.3. The highest BCUT2D eigenvalue weighted by Gasteiger charge is 2.07. The first kappa shape index (κ1) is 19.5. The first-order valence-electron chi connectivity index (χ1n) is 8.15. The molecule has 0 saturated heterocycles. The van der Waals surface area contributed by atoms with E-state index in [0.29, 0.717) is 37.5 Å². The number of benzene rings is 1. The second kappa shape index (κ2) is 11.1. The molecule has 1 aromatic rings. The van der Waals surface area contributed by atoms with E-state index >= 15 is 0 Å². The molecule has 0 aliphatic heterocycles. The van der Waals surface area contributed by atoms with Gasteiger partial charge in [0.05, 0.1) is 13.2 Å². The van der Waals surface area contributed by atoms with Crippen LogP contribution in [-0.2, 0) is 31.9 Å². The average molecular weight is 341 g/mol. The van der Waals surface area contributed by atoms with Gasteiger partial charge < -0.3 is 9.47 Å². The largest absolute Gasteiger partial charge is 0.466 e. The molecule has 0 fully saturated rings. The van der Waals surface area contributed by atoms with E-state index in [1.54, 1.807) is 13.8 Å². The molecule has 5 heteroatoms. The van der Waals surface area contributed by atoms with Crippen LogP contribution < -0.4 is 0 Å². The standard InChI is InChI=1S/C18H25ClO4/c1-3-22-17(20)9-5-7-14-11-12-16(19)15(13-14)8-6-10-18(21)23-4-2/h11-13H,3-10H2,1-2H3. The van der Waals surface area contributed by atoms with E-state index in [1.165, 1.54) is 0 Å². The molecule has 0 heterocycles. The van der Waals surface area contributed by atoms with Crippen molar-refractivity contribution < 1.29 is 19.1 Å². The molecule has 0 amide bonds. The second-order valence-corrected chi connectivity index (χ2v) is 5.65. The van der Waals surface area contributed by atoms with Crippen LogP contribution in [0.2, 0.25) is 5.02 Å². The predicted molar refractivity (Wildman–Crippen MR) is 90.6 cm³/mol. The minimum absolute atomic E-state index is 0.156. The summed E-state index contributed by atoms with van der Waals surface area (Å²) >= 11 is 6.21. The summed E-state index contributed by atoms with van der Waals surface area (Å²) in [6.07, 6.45) is 3.84. The molecule has 0 bridgehead atoms. The van der Waals surface area contributed by atoms with Crippen molar-refractivity contribution >= 4 is 23.5 Å². The molecule has 4 nitrogen and oxygen atoms in total. The van der Waals surface area contributed by atoms with Crippen LogP contribution in [0.3, 0.4) is 0 Å². The lowest BCUT2D eigenvalue weighted by atomic mass is 10.0. The minimum atomic E-state index is -0.172. The highest BCUT2D eigenvalue weighted by atomic mass is 35.5. The lowest BCUT2D eigenvalue weighted by molar-refractivity contribution is -0.144. The van der Waals surface area contributed by atoms with Crippen molar-refractivity contribution in [2.75, 3.05) is 13.2 Å². The summed E-state index contributed by atoms with van der Waals surface area (Å²) in [4.78, 5) is 22.7. The van der Waals surface area contributed by atoms with Gasteiger partial charge >= 0.3 is 11.9 Å². The average Bonchev–Trinajstić information content (AvgIpc) is 2.51. The second-order valence-electron chi connectivity index (χ2n) is 5.24. The van der Waals surface area contributed by atoms with Crippen molar-refractivity contribution in [1.82, 2.24) is 0 Å². The monoisotopic (exact) mass is 340 g/mol. The Morgan fingerprint density at radius 1 is 0.957 bits per heavy atom. The van der Waals surface area contributed by atoms with E-state index in [4.69, 9.17) is 21.1 Å². The van der Waals surface area contributed by atoms with Gasteiger partial charge in [0.1, 0.15) is 0 Å². The lowest BCUT2D eigenvalue weighted by Gasteiger charge is -2.08. The van der Waals surface area contributed by atoms with Crippen LogP contribution in [0.1, 0.15) is 50.7 Å². The number of hydrogen-bond donors (Lipinski definition) is 0. The molecule has 0 spiro atoms. The lowest BCUT2D eigenvalue weighted by Crippen LogP contribution is -2.05. The first-order valence-corrected chi connectivity index (χ1v) is 8.53. The maximum Gasteiger partial charge on any atom is 0.305 e. The number of hydrogen-bond acceptors (Lipinski definition) is 4. The van der Waals surface area contributed by atoms with Gasteiger partial charge in [-0.25, -0.2) is 0 Å². The number of ether oxygens (including phenoxy) is 2. The van der Waals surface area contributed by atoms with Gasteiger partial charge in [0.25, 0.3) is 0 Å². The Balaban J connectivity index is 2.45. The zero-order valence-electron chi connectivity index (χ0n) is 13.9. The van der Waals surface area contributed by atoms with Gasteiger partial charge in [-0.05, 0) is 56.7 Å². The minimum Gasteiger partial charge on any atom is -0.466 e. The fourth-order valence-corrected chi connectivity index (χ4v) is 2.51. The smallest absolute Gasteiger partial charge is 0.305 e.